The zero-order valence-corrected chi connectivity index (χ0v) is 16.6. The van der Waals surface area contributed by atoms with E-state index in [0.29, 0.717) is 33.3 Å². The van der Waals surface area contributed by atoms with Crippen molar-refractivity contribution in [1.82, 2.24) is 10.2 Å². The van der Waals surface area contributed by atoms with Gasteiger partial charge < -0.3 is 14.5 Å². The Morgan fingerprint density at radius 3 is 2.63 bits per heavy atom. The lowest BCUT2D eigenvalue weighted by Gasteiger charge is -2.05. The summed E-state index contributed by atoms with van der Waals surface area (Å²) in [6.45, 7) is 0. The highest BCUT2D eigenvalue weighted by Gasteiger charge is 2.11. The number of anilines is 1. The molecule has 0 radical (unpaired) electrons. The molecule has 0 saturated heterocycles. The van der Waals surface area contributed by atoms with Gasteiger partial charge in [0.1, 0.15) is 5.75 Å². The molecule has 0 atom stereocenters. The van der Waals surface area contributed by atoms with Crippen LogP contribution in [0, 0.1) is 0 Å². The SMILES string of the molecule is COc1ccc(Cc2nnc(SCC(=O)Nc3ccc(Cl)c(Cl)c3)o2)cc1. The summed E-state index contributed by atoms with van der Waals surface area (Å²) in [5, 5.41) is 11.8. The monoisotopic (exact) mass is 423 g/mol. The van der Waals surface area contributed by atoms with Crippen LogP contribution in [-0.4, -0.2) is 29.0 Å². The largest absolute Gasteiger partial charge is 0.497 e. The number of nitrogens with one attached hydrogen (secondary N) is 1. The Labute approximate surface area is 170 Å². The van der Waals surface area contributed by atoms with Crippen LogP contribution >= 0.6 is 35.0 Å². The van der Waals surface area contributed by atoms with Gasteiger partial charge in [-0.1, -0.05) is 47.1 Å². The molecule has 0 saturated carbocycles. The van der Waals surface area contributed by atoms with E-state index in [4.69, 9.17) is 32.4 Å². The fourth-order valence-corrected chi connectivity index (χ4v) is 3.06. The number of halogens is 2. The van der Waals surface area contributed by atoms with Gasteiger partial charge in [-0.15, -0.1) is 10.2 Å². The first kappa shape index (κ1) is 19.5. The highest BCUT2D eigenvalue weighted by molar-refractivity contribution is 7.99. The second kappa shape index (κ2) is 9.12. The number of benzene rings is 2. The Hall–Kier alpha value is -2.22. The summed E-state index contributed by atoms with van der Waals surface area (Å²) in [6, 6.07) is 12.5. The minimum atomic E-state index is -0.215. The topological polar surface area (TPSA) is 77.2 Å². The summed E-state index contributed by atoms with van der Waals surface area (Å²) in [5.41, 5.74) is 1.59. The molecule has 0 fully saturated rings. The molecule has 9 heteroatoms. The molecule has 0 aliphatic heterocycles. The predicted octanol–water partition coefficient (Wildman–Crippen LogP) is 4.71. The molecule has 1 amide bonds. The van der Waals surface area contributed by atoms with Crippen LogP contribution in [0.4, 0.5) is 5.69 Å². The van der Waals surface area contributed by atoms with E-state index in [2.05, 4.69) is 15.5 Å². The third kappa shape index (κ3) is 5.63. The molecule has 3 rings (SSSR count). The number of aromatic nitrogens is 2. The third-order valence-electron chi connectivity index (χ3n) is 3.49. The van der Waals surface area contributed by atoms with E-state index in [-0.39, 0.29) is 11.7 Å². The minimum Gasteiger partial charge on any atom is -0.497 e. The Morgan fingerprint density at radius 2 is 1.93 bits per heavy atom. The number of methoxy groups -OCH3 is 1. The summed E-state index contributed by atoms with van der Waals surface area (Å²) < 4.78 is 10.7. The van der Waals surface area contributed by atoms with E-state index < -0.39 is 0 Å². The van der Waals surface area contributed by atoms with Crippen molar-refractivity contribution in [3.05, 3.63) is 64.0 Å². The number of thioether (sulfide) groups is 1. The number of rotatable bonds is 7. The van der Waals surface area contributed by atoms with Gasteiger partial charge >= 0.3 is 0 Å². The van der Waals surface area contributed by atoms with Crippen LogP contribution in [0.5, 0.6) is 5.75 Å². The van der Waals surface area contributed by atoms with E-state index >= 15 is 0 Å². The van der Waals surface area contributed by atoms with E-state index in [1.807, 2.05) is 24.3 Å². The van der Waals surface area contributed by atoms with Gasteiger partial charge in [0, 0.05) is 5.69 Å². The van der Waals surface area contributed by atoms with Crippen molar-refractivity contribution in [2.75, 3.05) is 18.2 Å². The van der Waals surface area contributed by atoms with Crippen LogP contribution in [0.15, 0.2) is 52.1 Å². The summed E-state index contributed by atoms with van der Waals surface area (Å²) >= 11 is 12.9. The van der Waals surface area contributed by atoms with E-state index in [1.54, 1.807) is 25.3 Å². The van der Waals surface area contributed by atoms with Gasteiger partial charge in [-0.05, 0) is 35.9 Å². The second-order valence-electron chi connectivity index (χ2n) is 5.45. The number of amides is 1. The molecule has 6 nitrogen and oxygen atoms in total. The van der Waals surface area contributed by atoms with Crippen LogP contribution in [-0.2, 0) is 11.2 Å². The van der Waals surface area contributed by atoms with E-state index in [0.717, 1.165) is 23.1 Å². The van der Waals surface area contributed by atoms with Crippen molar-refractivity contribution in [2.24, 2.45) is 0 Å². The molecule has 1 aromatic heterocycles. The second-order valence-corrected chi connectivity index (χ2v) is 7.19. The van der Waals surface area contributed by atoms with Crippen LogP contribution in [0.25, 0.3) is 0 Å². The Balaban J connectivity index is 1.51. The van der Waals surface area contributed by atoms with Gasteiger partial charge in [-0.25, -0.2) is 0 Å². The normalized spacial score (nSPS) is 10.6. The van der Waals surface area contributed by atoms with Crippen molar-refractivity contribution in [2.45, 2.75) is 11.6 Å². The number of ether oxygens (including phenoxy) is 1. The zero-order valence-electron chi connectivity index (χ0n) is 14.2. The smallest absolute Gasteiger partial charge is 0.277 e. The van der Waals surface area contributed by atoms with Crippen molar-refractivity contribution in [3.8, 4) is 5.75 Å². The quantitative estimate of drug-likeness (QED) is 0.554. The minimum absolute atomic E-state index is 0.129. The maximum absolute atomic E-state index is 12.0. The molecule has 1 heterocycles. The molecule has 27 heavy (non-hydrogen) atoms. The molecule has 3 aromatic rings. The fraction of sp³-hybridized carbons (Fsp3) is 0.167. The number of carbonyl (C=O) groups is 1. The highest BCUT2D eigenvalue weighted by Crippen LogP contribution is 2.25. The molecule has 0 spiro atoms. The third-order valence-corrected chi connectivity index (χ3v) is 5.05. The maximum Gasteiger partial charge on any atom is 0.277 e. The van der Waals surface area contributed by atoms with Gasteiger partial charge in [-0.3, -0.25) is 4.79 Å². The lowest BCUT2D eigenvalue weighted by atomic mass is 10.1. The number of hydrogen-bond acceptors (Lipinski definition) is 6. The van der Waals surface area contributed by atoms with Crippen molar-refractivity contribution >= 4 is 46.6 Å². The summed E-state index contributed by atoms with van der Waals surface area (Å²) in [5.74, 6) is 1.18. The first-order chi connectivity index (χ1) is 13.0. The number of hydrogen-bond donors (Lipinski definition) is 1. The number of carbonyl (C=O) groups excluding carboxylic acids is 1. The molecular weight excluding hydrogens is 409 g/mol. The maximum atomic E-state index is 12.0. The molecule has 0 aliphatic rings. The van der Waals surface area contributed by atoms with Crippen LogP contribution in [0.2, 0.25) is 10.0 Å². The summed E-state index contributed by atoms with van der Waals surface area (Å²) in [7, 11) is 1.62. The molecule has 0 bridgehead atoms. The van der Waals surface area contributed by atoms with Gasteiger partial charge in [0.15, 0.2) is 0 Å². The standard InChI is InChI=1S/C18H15Cl2N3O3S/c1-25-13-5-2-11(3-6-13)8-17-22-23-18(26-17)27-10-16(24)21-12-4-7-14(19)15(20)9-12/h2-7,9H,8,10H2,1H3,(H,21,24). The molecular formula is C18H15Cl2N3O3S. The molecule has 140 valence electrons. The van der Waals surface area contributed by atoms with Crippen LogP contribution in [0.1, 0.15) is 11.5 Å². The highest BCUT2D eigenvalue weighted by atomic mass is 35.5. The van der Waals surface area contributed by atoms with Crippen LogP contribution < -0.4 is 10.1 Å². The Kier molecular flexibility index (Phi) is 6.60. The first-order valence-corrected chi connectivity index (χ1v) is 9.60. The summed E-state index contributed by atoms with van der Waals surface area (Å²) in [4.78, 5) is 12.0. The van der Waals surface area contributed by atoms with E-state index in [9.17, 15) is 4.79 Å². The lowest BCUT2D eigenvalue weighted by Crippen LogP contribution is -2.13. The van der Waals surface area contributed by atoms with Gasteiger partial charge in [0.25, 0.3) is 5.22 Å². The summed E-state index contributed by atoms with van der Waals surface area (Å²) in [6.07, 6.45) is 0.507. The molecule has 1 N–H and O–H groups in total. The van der Waals surface area contributed by atoms with Gasteiger partial charge in [0.05, 0.1) is 29.3 Å². The first-order valence-electron chi connectivity index (χ1n) is 7.86. The van der Waals surface area contributed by atoms with Crippen molar-refractivity contribution in [1.29, 1.82) is 0 Å². The molecule has 0 aliphatic carbocycles. The number of nitrogens with zero attached hydrogens (tertiary/aromatic N) is 2. The van der Waals surface area contributed by atoms with Crippen molar-refractivity contribution < 1.29 is 13.9 Å². The van der Waals surface area contributed by atoms with Gasteiger partial charge in [-0.2, -0.15) is 0 Å². The van der Waals surface area contributed by atoms with Crippen LogP contribution in [0.3, 0.4) is 0 Å². The Bertz CT molecular complexity index is 932. The van der Waals surface area contributed by atoms with Crippen molar-refractivity contribution in [3.63, 3.8) is 0 Å². The predicted molar refractivity (Wildman–Crippen MR) is 106 cm³/mol. The fourth-order valence-electron chi connectivity index (χ4n) is 2.18. The zero-order chi connectivity index (χ0) is 19.2. The Morgan fingerprint density at radius 1 is 1.15 bits per heavy atom. The average Bonchev–Trinajstić information content (AvgIpc) is 3.11. The lowest BCUT2D eigenvalue weighted by molar-refractivity contribution is -0.113. The average molecular weight is 424 g/mol. The molecule has 0 unspecified atom stereocenters. The van der Waals surface area contributed by atoms with Gasteiger partial charge in [0.2, 0.25) is 11.8 Å². The molecule has 2 aromatic carbocycles. The van der Waals surface area contributed by atoms with E-state index in [1.165, 1.54) is 0 Å².